The molecule has 1 heterocycles. The van der Waals surface area contributed by atoms with E-state index in [0.717, 1.165) is 22.3 Å². The molecule has 2 aromatic rings. The third-order valence-corrected chi connectivity index (χ3v) is 6.69. The number of rotatable bonds is 6. The molecular formula is C23H24N2O5S. The summed E-state index contributed by atoms with van der Waals surface area (Å²) in [6, 6.07) is 14.9. The number of carboxylic acid groups (broad SMARTS) is 1. The zero-order valence-electron chi connectivity index (χ0n) is 17.1. The van der Waals surface area contributed by atoms with E-state index in [0.29, 0.717) is 11.6 Å². The molecule has 1 aliphatic heterocycles. The highest BCUT2D eigenvalue weighted by Gasteiger charge is 2.35. The van der Waals surface area contributed by atoms with Gasteiger partial charge in [0.25, 0.3) is 0 Å². The predicted octanol–water partition coefficient (Wildman–Crippen LogP) is 3.29. The Labute approximate surface area is 184 Å². The summed E-state index contributed by atoms with van der Waals surface area (Å²) >= 11 is 1.41. The second-order valence-corrected chi connectivity index (χ2v) is 8.79. The number of fused-ring (bicyclic) bond motifs is 3. The number of carboxylic acids is 1. The Morgan fingerprint density at radius 2 is 1.74 bits per heavy atom. The first-order valence-electron chi connectivity index (χ1n) is 10.2. The number of thioether (sulfide) groups is 1. The largest absolute Gasteiger partial charge is 0.480 e. The SMILES string of the molecule is C[C@@H](CC(=O)N1CSC[C@H]1C(=O)O)NC(=O)OCC1c2ccccc2-c2ccccc21. The number of alkyl carbamates (subject to hydrolysis) is 1. The van der Waals surface area contributed by atoms with Gasteiger partial charge in [-0.25, -0.2) is 9.59 Å². The first-order chi connectivity index (χ1) is 15.0. The van der Waals surface area contributed by atoms with Crippen LogP contribution in [0.15, 0.2) is 48.5 Å². The minimum atomic E-state index is -1.00. The first kappa shape index (κ1) is 21.2. The van der Waals surface area contributed by atoms with Gasteiger partial charge in [-0.3, -0.25) is 4.79 Å². The average molecular weight is 441 g/mol. The minimum absolute atomic E-state index is 0.0224. The lowest BCUT2D eigenvalue weighted by Crippen LogP contribution is -2.44. The van der Waals surface area contributed by atoms with E-state index in [-0.39, 0.29) is 24.9 Å². The molecule has 4 rings (SSSR count). The number of aliphatic carboxylic acids is 1. The average Bonchev–Trinajstić information content (AvgIpc) is 3.36. The van der Waals surface area contributed by atoms with Crippen LogP contribution in [0, 0.1) is 0 Å². The summed E-state index contributed by atoms with van der Waals surface area (Å²) in [5.41, 5.74) is 4.57. The summed E-state index contributed by atoms with van der Waals surface area (Å²) < 4.78 is 5.50. The smallest absolute Gasteiger partial charge is 0.407 e. The van der Waals surface area contributed by atoms with Crippen LogP contribution in [0.2, 0.25) is 0 Å². The number of benzene rings is 2. The van der Waals surface area contributed by atoms with Crippen molar-refractivity contribution in [1.29, 1.82) is 0 Å². The second-order valence-electron chi connectivity index (χ2n) is 7.79. The monoisotopic (exact) mass is 440 g/mol. The normalized spacial score (nSPS) is 18.2. The molecule has 2 aliphatic rings. The van der Waals surface area contributed by atoms with Crippen molar-refractivity contribution in [3.63, 3.8) is 0 Å². The van der Waals surface area contributed by atoms with Gasteiger partial charge >= 0.3 is 12.1 Å². The van der Waals surface area contributed by atoms with Crippen LogP contribution in [-0.2, 0) is 14.3 Å². The van der Waals surface area contributed by atoms with Crippen molar-refractivity contribution in [3.8, 4) is 11.1 Å². The molecular weight excluding hydrogens is 416 g/mol. The summed E-state index contributed by atoms with van der Waals surface area (Å²) in [5, 5.41) is 11.9. The van der Waals surface area contributed by atoms with Crippen LogP contribution in [0.25, 0.3) is 11.1 Å². The van der Waals surface area contributed by atoms with Gasteiger partial charge in [-0.15, -0.1) is 11.8 Å². The molecule has 0 spiro atoms. The van der Waals surface area contributed by atoms with Gasteiger partial charge in [0.2, 0.25) is 5.91 Å². The molecule has 0 radical (unpaired) electrons. The second kappa shape index (κ2) is 9.01. The van der Waals surface area contributed by atoms with Gasteiger partial charge in [0.05, 0.1) is 5.88 Å². The van der Waals surface area contributed by atoms with Crippen LogP contribution in [0.1, 0.15) is 30.4 Å². The van der Waals surface area contributed by atoms with Gasteiger partial charge in [0.1, 0.15) is 12.6 Å². The maximum absolute atomic E-state index is 12.5. The fourth-order valence-corrected chi connectivity index (χ4v) is 5.34. The number of amides is 2. The topological polar surface area (TPSA) is 95.9 Å². The maximum atomic E-state index is 12.5. The van der Waals surface area contributed by atoms with E-state index < -0.39 is 24.1 Å². The molecule has 1 aliphatic carbocycles. The van der Waals surface area contributed by atoms with Crippen LogP contribution in [0.3, 0.4) is 0 Å². The highest BCUT2D eigenvalue weighted by molar-refractivity contribution is 7.99. The van der Waals surface area contributed by atoms with Crippen molar-refractivity contribution in [2.45, 2.75) is 31.3 Å². The Balaban J connectivity index is 1.32. The third-order valence-electron chi connectivity index (χ3n) is 5.68. The Kier molecular flexibility index (Phi) is 6.18. The lowest BCUT2D eigenvalue weighted by molar-refractivity contribution is -0.147. The molecule has 0 aromatic heterocycles. The lowest BCUT2D eigenvalue weighted by Gasteiger charge is -2.23. The van der Waals surface area contributed by atoms with Gasteiger partial charge in [0, 0.05) is 24.1 Å². The molecule has 2 N–H and O–H groups in total. The molecule has 2 aromatic carbocycles. The number of carbonyl (C=O) groups excluding carboxylic acids is 2. The molecule has 1 fully saturated rings. The van der Waals surface area contributed by atoms with E-state index in [9.17, 15) is 19.5 Å². The van der Waals surface area contributed by atoms with E-state index >= 15 is 0 Å². The van der Waals surface area contributed by atoms with Crippen molar-refractivity contribution in [2.75, 3.05) is 18.2 Å². The van der Waals surface area contributed by atoms with Crippen molar-refractivity contribution in [1.82, 2.24) is 10.2 Å². The Bertz CT molecular complexity index is 965. The van der Waals surface area contributed by atoms with Crippen molar-refractivity contribution in [2.24, 2.45) is 0 Å². The number of nitrogens with zero attached hydrogens (tertiary/aromatic N) is 1. The first-order valence-corrected chi connectivity index (χ1v) is 11.3. The van der Waals surface area contributed by atoms with Crippen LogP contribution in [0.4, 0.5) is 4.79 Å². The van der Waals surface area contributed by atoms with Crippen LogP contribution < -0.4 is 5.32 Å². The highest BCUT2D eigenvalue weighted by atomic mass is 32.2. The summed E-state index contributed by atoms with van der Waals surface area (Å²) in [7, 11) is 0. The number of hydrogen-bond acceptors (Lipinski definition) is 5. The molecule has 31 heavy (non-hydrogen) atoms. The molecule has 8 heteroatoms. The van der Waals surface area contributed by atoms with E-state index in [1.54, 1.807) is 6.92 Å². The quantitative estimate of drug-likeness (QED) is 0.716. The molecule has 0 saturated carbocycles. The summed E-state index contributed by atoms with van der Waals surface area (Å²) in [4.78, 5) is 37.4. The fraction of sp³-hybridized carbons (Fsp3) is 0.348. The number of hydrogen-bond donors (Lipinski definition) is 2. The van der Waals surface area contributed by atoms with Gasteiger partial charge < -0.3 is 20.1 Å². The molecule has 7 nitrogen and oxygen atoms in total. The van der Waals surface area contributed by atoms with Crippen molar-refractivity contribution in [3.05, 3.63) is 59.7 Å². The maximum Gasteiger partial charge on any atom is 0.407 e. The standard InChI is InChI=1S/C23H24N2O5S/c1-14(10-21(26)25-13-31-12-20(25)22(27)28)24-23(29)30-11-19-17-8-4-2-6-15(17)16-7-3-5-9-18(16)19/h2-9,14,19-20H,10-13H2,1H3,(H,24,29)(H,27,28)/t14-,20-/m0/s1. The van der Waals surface area contributed by atoms with Gasteiger partial charge in [-0.1, -0.05) is 48.5 Å². The number of carbonyl (C=O) groups is 3. The Morgan fingerprint density at radius 1 is 1.13 bits per heavy atom. The van der Waals surface area contributed by atoms with E-state index in [2.05, 4.69) is 29.6 Å². The summed E-state index contributed by atoms with van der Waals surface area (Å²) in [6.45, 7) is 1.91. The van der Waals surface area contributed by atoms with E-state index in [4.69, 9.17) is 4.74 Å². The van der Waals surface area contributed by atoms with Gasteiger partial charge in [0.15, 0.2) is 0 Å². The zero-order chi connectivity index (χ0) is 22.0. The van der Waals surface area contributed by atoms with Crippen LogP contribution >= 0.6 is 11.8 Å². The van der Waals surface area contributed by atoms with Crippen molar-refractivity contribution >= 4 is 29.7 Å². The molecule has 162 valence electrons. The molecule has 2 amide bonds. The lowest BCUT2D eigenvalue weighted by atomic mass is 9.98. The predicted molar refractivity (Wildman–Crippen MR) is 118 cm³/mol. The van der Waals surface area contributed by atoms with Crippen LogP contribution in [0.5, 0.6) is 0 Å². The molecule has 2 atom stereocenters. The molecule has 0 bridgehead atoms. The fourth-order valence-electron chi connectivity index (χ4n) is 4.16. The van der Waals surface area contributed by atoms with Gasteiger partial charge in [-0.2, -0.15) is 0 Å². The minimum Gasteiger partial charge on any atom is -0.480 e. The third kappa shape index (κ3) is 4.39. The van der Waals surface area contributed by atoms with Crippen molar-refractivity contribution < 1.29 is 24.2 Å². The Morgan fingerprint density at radius 3 is 2.35 bits per heavy atom. The molecule has 0 unspecified atom stereocenters. The zero-order valence-corrected chi connectivity index (χ0v) is 17.9. The number of nitrogens with one attached hydrogen (secondary N) is 1. The summed E-state index contributed by atoms with van der Waals surface area (Å²) in [6.07, 6.45) is -0.568. The van der Waals surface area contributed by atoms with E-state index in [1.165, 1.54) is 16.7 Å². The van der Waals surface area contributed by atoms with E-state index in [1.807, 2.05) is 24.3 Å². The van der Waals surface area contributed by atoms with Crippen LogP contribution in [-0.4, -0.2) is 58.3 Å². The molecule has 1 saturated heterocycles. The van der Waals surface area contributed by atoms with Gasteiger partial charge in [-0.05, 0) is 29.2 Å². The Hall–Kier alpha value is -3.00. The highest BCUT2D eigenvalue weighted by Crippen LogP contribution is 2.44. The number of ether oxygens (including phenoxy) is 1. The summed E-state index contributed by atoms with van der Waals surface area (Å²) in [5.74, 6) is -0.588.